The second-order valence-electron chi connectivity index (χ2n) is 8.01. The average Bonchev–Trinajstić information content (AvgIpc) is 3.38. The molecule has 0 spiro atoms. The lowest BCUT2D eigenvalue weighted by Gasteiger charge is -2.31. The van der Waals surface area contributed by atoms with Gasteiger partial charge in [-0.3, -0.25) is 9.59 Å². The summed E-state index contributed by atoms with van der Waals surface area (Å²) in [6, 6.07) is 17.6. The van der Waals surface area contributed by atoms with Crippen LogP contribution < -0.4 is 5.32 Å². The van der Waals surface area contributed by atoms with Gasteiger partial charge in [-0.25, -0.2) is 9.67 Å². The molecule has 0 bridgehead atoms. The van der Waals surface area contributed by atoms with E-state index in [2.05, 4.69) is 15.4 Å². The largest absolute Gasteiger partial charge is 0.349 e. The molecule has 3 aromatic rings. The summed E-state index contributed by atoms with van der Waals surface area (Å²) in [5, 5.41) is 7.24. The molecule has 1 fully saturated rings. The summed E-state index contributed by atoms with van der Waals surface area (Å²) in [5.74, 6) is -0.0349. The highest BCUT2D eigenvalue weighted by Gasteiger charge is 2.27. The third-order valence-corrected chi connectivity index (χ3v) is 5.83. The van der Waals surface area contributed by atoms with E-state index >= 15 is 0 Å². The number of hydrogen-bond acceptors (Lipinski definition) is 4. The zero-order chi connectivity index (χ0) is 22.3. The van der Waals surface area contributed by atoms with Crippen LogP contribution in [0.5, 0.6) is 0 Å². The maximum absolute atomic E-state index is 12.8. The van der Waals surface area contributed by atoms with Gasteiger partial charge in [0.05, 0.1) is 11.7 Å². The topological polar surface area (TPSA) is 80.1 Å². The molecule has 164 valence electrons. The number of nitrogens with zero attached hydrogens (tertiary/aromatic N) is 4. The molecule has 1 atom stereocenters. The van der Waals surface area contributed by atoms with Crippen molar-refractivity contribution >= 4 is 17.9 Å². The molecule has 1 aliphatic heterocycles. The summed E-state index contributed by atoms with van der Waals surface area (Å²) in [7, 11) is 0. The Kier molecular flexibility index (Phi) is 6.75. The van der Waals surface area contributed by atoms with Gasteiger partial charge in [-0.05, 0) is 49.1 Å². The molecule has 2 aromatic carbocycles. The molecule has 1 aromatic heterocycles. The van der Waals surface area contributed by atoms with E-state index in [0.29, 0.717) is 25.9 Å². The van der Waals surface area contributed by atoms with Crippen molar-refractivity contribution in [3.63, 3.8) is 0 Å². The second-order valence-corrected chi connectivity index (χ2v) is 8.01. The molecule has 7 nitrogen and oxygen atoms in total. The molecule has 1 saturated heterocycles. The maximum atomic E-state index is 12.8. The number of carbonyl (C=O) groups is 2. The summed E-state index contributed by atoms with van der Waals surface area (Å²) < 4.78 is 1.69. The molecule has 2 heterocycles. The Morgan fingerprint density at radius 2 is 1.78 bits per heavy atom. The van der Waals surface area contributed by atoms with Crippen molar-refractivity contribution in [3.8, 4) is 5.69 Å². The van der Waals surface area contributed by atoms with E-state index < -0.39 is 0 Å². The predicted octanol–water partition coefficient (Wildman–Crippen LogP) is 3.40. The van der Waals surface area contributed by atoms with Crippen LogP contribution in [0, 0.1) is 5.92 Å². The fourth-order valence-electron chi connectivity index (χ4n) is 3.87. The van der Waals surface area contributed by atoms with Gasteiger partial charge in [-0.15, -0.1) is 0 Å². The van der Waals surface area contributed by atoms with E-state index in [0.717, 1.165) is 16.8 Å². The summed E-state index contributed by atoms with van der Waals surface area (Å²) >= 11 is 0. The molecule has 0 radical (unpaired) electrons. The Balaban J connectivity index is 1.26. The molecule has 7 heteroatoms. The zero-order valence-corrected chi connectivity index (χ0v) is 18.1. The normalized spacial score (nSPS) is 15.6. The molecular weight excluding hydrogens is 402 g/mol. The van der Waals surface area contributed by atoms with E-state index in [9.17, 15) is 9.59 Å². The van der Waals surface area contributed by atoms with E-state index in [1.807, 2.05) is 72.5 Å². The van der Waals surface area contributed by atoms with Gasteiger partial charge < -0.3 is 10.2 Å². The van der Waals surface area contributed by atoms with Crippen molar-refractivity contribution in [2.24, 2.45) is 5.92 Å². The van der Waals surface area contributed by atoms with Gasteiger partial charge in [-0.2, -0.15) is 5.10 Å². The Morgan fingerprint density at radius 1 is 1.06 bits per heavy atom. The first kappa shape index (κ1) is 21.5. The molecule has 0 aliphatic carbocycles. The molecule has 4 rings (SSSR count). The maximum Gasteiger partial charge on any atom is 0.246 e. The third-order valence-electron chi connectivity index (χ3n) is 5.83. The SMILES string of the molecule is CC(NC(=O)C1CCN(C(=O)/C=C/c2ccccc2)CC1)c1ccc(-n2cncn2)cc1. The van der Waals surface area contributed by atoms with E-state index in [4.69, 9.17) is 0 Å². The van der Waals surface area contributed by atoms with E-state index in [1.165, 1.54) is 6.33 Å². The van der Waals surface area contributed by atoms with Crippen LogP contribution in [0.2, 0.25) is 0 Å². The molecule has 2 amide bonds. The van der Waals surface area contributed by atoms with Crippen molar-refractivity contribution in [1.29, 1.82) is 0 Å². The summed E-state index contributed by atoms with van der Waals surface area (Å²) in [6.07, 6.45) is 7.94. The number of rotatable bonds is 6. The zero-order valence-electron chi connectivity index (χ0n) is 18.1. The molecule has 1 N–H and O–H groups in total. The van der Waals surface area contributed by atoms with Gasteiger partial charge in [0.2, 0.25) is 11.8 Å². The standard InChI is InChI=1S/C25H27N5O2/c1-19(21-8-10-23(11-9-21)30-18-26-17-27-30)28-25(32)22-13-15-29(16-14-22)24(31)12-7-20-5-3-2-4-6-20/h2-12,17-19,22H,13-16H2,1H3,(H,28,32)/b12-7+. The minimum absolute atomic E-state index is 0.00597. The number of piperidine rings is 1. The van der Waals surface area contributed by atoms with Gasteiger partial charge in [0.15, 0.2) is 0 Å². The van der Waals surface area contributed by atoms with E-state index in [-0.39, 0.29) is 23.8 Å². The number of likely N-dealkylation sites (tertiary alicyclic amines) is 1. The first-order valence-electron chi connectivity index (χ1n) is 10.9. The number of hydrogen-bond donors (Lipinski definition) is 1. The highest BCUT2D eigenvalue weighted by atomic mass is 16.2. The molecule has 1 unspecified atom stereocenters. The number of carbonyl (C=O) groups excluding carboxylic acids is 2. The summed E-state index contributed by atoms with van der Waals surface area (Å²) in [5.41, 5.74) is 2.95. The molecule has 32 heavy (non-hydrogen) atoms. The average molecular weight is 430 g/mol. The van der Waals surface area contributed by atoms with Crippen LogP contribution in [-0.4, -0.2) is 44.6 Å². The minimum atomic E-state index is -0.0965. The van der Waals surface area contributed by atoms with Crippen molar-refractivity contribution in [3.05, 3.63) is 84.5 Å². The molecule has 0 saturated carbocycles. The van der Waals surface area contributed by atoms with Crippen molar-refractivity contribution < 1.29 is 9.59 Å². The first-order valence-corrected chi connectivity index (χ1v) is 10.9. The third kappa shape index (κ3) is 5.29. The Labute approximate surface area is 187 Å². The van der Waals surface area contributed by atoms with Crippen LogP contribution in [0.25, 0.3) is 11.8 Å². The molecular formula is C25H27N5O2. The predicted molar refractivity (Wildman–Crippen MR) is 123 cm³/mol. The Bertz CT molecular complexity index is 1050. The van der Waals surface area contributed by atoms with Crippen LogP contribution in [0.1, 0.15) is 36.9 Å². The van der Waals surface area contributed by atoms with E-state index in [1.54, 1.807) is 17.1 Å². The smallest absolute Gasteiger partial charge is 0.246 e. The van der Waals surface area contributed by atoms with Crippen LogP contribution in [0.15, 0.2) is 73.3 Å². The van der Waals surface area contributed by atoms with Gasteiger partial charge in [0.25, 0.3) is 0 Å². The lowest BCUT2D eigenvalue weighted by Crippen LogP contribution is -2.43. The monoisotopic (exact) mass is 429 g/mol. The summed E-state index contributed by atoms with van der Waals surface area (Å²) in [6.45, 7) is 3.17. The van der Waals surface area contributed by atoms with Gasteiger partial charge in [0, 0.05) is 25.1 Å². The van der Waals surface area contributed by atoms with Gasteiger partial charge in [0.1, 0.15) is 12.7 Å². The quantitative estimate of drug-likeness (QED) is 0.609. The van der Waals surface area contributed by atoms with Crippen molar-refractivity contribution in [2.45, 2.75) is 25.8 Å². The van der Waals surface area contributed by atoms with Gasteiger partial charge >= 0.3 is 0 Å². The Morgan fingerprint density at radius 3 is 2.44 bits per heavy atom. The number of benzene rings is 2. The highest BCUT2D eigenvalue weighted by Crippen LogP contribution is 2.21. The van der Waals surface area contributed by atoms with Crippen LogP contribution in [0.3, 0.4) is 0 Å². The lowest BCUT2D eigenvalue weighted by molar-refractivity contribution is -0.132. The minimum Gasteiger partial charge on any atom is -0.349 e. The second kappa shape index (κ2) is 10.0. The van der Waals surface area contributed by atoms with Crippen LogP contribution in [-0.2, 0) is 9.59 Å². The highest BCUT2D eigenvalue weighted by molar-refractivity contribution is 5.92. The Hall–Kier alpha value is -3.74. The fraction of sp³-hybridized carbons (Fsp3) is 0.280. The van der Waals surface area contributed by atoms with Crippen molar-refractivity contribution in [2.75, 3.05) is 13.1 Å². The summed E-state index contributed by atoms with van der Waals surface area (Å²) in [4.78, 5) is 31.0. The fourth-order valence-corrected chi connectivity index (χ4v) is 3.87. The lowest BCUT2D eigenvalue weighted by atomic mass is 9.95. The number of nitrogens with one attached hydrogen (secondary N) is 1. The van der Waals surface area contributed by atoms with Gasteiger partial charge in [-0.1, -0.05) is 42.5 Å². The molecule has 1 aliphatic rings. The number of amides is 2. The van der Waals surface area contributed by atoms with Crippen LogP contribution >= 0.6 is 0 Å². The van der Waals surface area contributed by atoms with Crippen molar-refractivity contribution in [1.82, 2.24) is 25.0 Å². The first-order chi connectivity index (χ1) is 15.6. The van der Waals surface area contributed by atoms with Crippen LogP contribution in [0.4, 0.5) is 0 Å². The number of aromatic nitrogens is 3.